The van der Waals surface area contributed by atoms with Crippen LogP contribution in [0.1, 0.15) is 18.2 Å². The third kappa shape index (κ3) is 3.66. The van der Waals surface area contributed by atoms with Crippen LogP contribution in [0.25, 0.3) is 11.0 Å². The van der Waals surface area contributed by atoms with Crippen molar-refractivity contribution < 1.29 is 28.4 Å². The third-order valence-electron chi connectivity index (χ3n) is 5.39. The minimum absolute atomic E-state index is 0.0682. The summed E-state index contributed by atoms with van der Waals surface area (Å²) in [5.41, 5.74) is 2.20. The lowest BCUT2D eigenvalue weighted by molar-refractivity contribution is -0.901. The predicted octanol–water partition coefficient (Wildman–Crippen LogP) is 1.97. The molecule has 4 amide bonds. The van der Waals surface area contributed by atoms with Crippen LogP contribution < -0.4 is 14.5 Å². The molecule has 0 aliphatic carbocycles. The van der Waals surface area contributed by atoms with Gasteiger partial charge >= 0.3 is 17.8 Å². The lowest BCUT2D eigenvalue weighted by Gasteiger charge is -2.20. The van der Waals surface area contributed by atoms with Gasteiger partial charge in [0.05, 0.1) is 25.4 Å². The number of amides is 4. The number of urea groups is 1. The van der Waals surface area contributed by atoms with Crippen LogP contribution in [0, 0.1) is 0 Å². The van der Waals surface area contributed by atoms with E-state index < -0.39 is 17.8 Å². The van der Waals surface area contributed by atoms with Crippen LogP contribution >= 0.6 is 0 Å². The van der Waals surface area contributed by atoms with Gasteiger partial charge in [-0.1, -0.05) is 25.1 Å². The molecule has 8 nitrogen and oxygen atoms in total. The van der Waals surface area contributed by atoms with Crippen molar-refractivity contribution in [3.8, 4) is 5.75 Å². The van der Waals surface area contributed by atoms with Crippen molar-refractivity contribution in [3.05, 3.63) is 59.9 Å². The highest BCUT2D eigenvalue weighted by molar-refractivity contribution is 6.52. The van der Waals surface area contributed by atoms with Crippen LogP contribution in [0.5, 0.6) is 5.75 Å². The van der Waals surface area contributed by atoms with Gasteiger partial charge in [-0.2, -0.15) is 0 Å². The molecule has 1 N–H and O–H groups in total. The number of hydrogen-bond acceptors (Lipinski definition) is 5. The van der Waals surface area contributed by atoms with E-state index in [4.69, 9.17) is 9.15 Å². The quantitative estimate of drug-likeness (QED) is 0.465. The first-order valence-corrected chi connectivity index (χ1v) is 10.1. The Morgan fingerprint density at radius 1 is 1.00 bits per heavy atom. The van der Waals surface area contributed by atoms with Crippen LogP contribution in [0.15, 0.2) is 52.9 Å². The number of imide groups is 2. The van der Waals surface area contributed by atoms with Crippen molar-refractivity contribution in [2.24, 2.45) is 0 Å². The summed E-state index contributed by atoms with van der Waals surface area (Å²) >= 11 is 0. The number of anilines is 1. The topological polar surface area (TPSA) is 84.5 Å². The number of benzene rings is 2. The fraction of sp³-hybridized carbons (Fsp3) is 0.261. The van der Waals surface area contributed by atoms with Gasteiger partial charge in [-0.05, 0) is 30.3 Å². The lowest BCUT2D eigenvalue weighted by atomic mass is 10.1. The summed E-state index contributed by atoms with van der Waals surface area (Å²) < 4.78 is 11.0. The van der Waals surface area contributed by atoms with Crippen molar-refractivity contribution in [1.82, 2.24) is 4.90 Å². The molecule has 31 heavy (non-hydrogen) atoms. The molecule has 0 spiro atoms. The van der Waals surface area contributed by atoms with Crippen molar-refractivity contribution in [2.75, 3.05) is 25.7 Å². The Hall–Kier alpha value is -3.65. The summed E-state index contributed by atoms with van der Waals surface area (Å²) in [5, 5.41) is 1.02. The number of rotatable bonds is 7. The highest BCUT2D eigenvalue weighted by Crippen LogP contribution is 2.26. The minimum atomic E-state index is -0.856. The number of para-hydroxylation sites is 1. The maximum Gasteiger partial charge on any atom is 0.343 e. The molecule has 1 atom stereocenters. The fourth-order valence-corrected chi connectivity index (χ4v) is 3.86. The van der Waals surface area contributed by atoms with Gasteiger partial charge in [-0.15, -0.1) is 0 Å². The van der Waals surface area contributed by atoms with E-state index in [0.717, 1.165) is 43.4 Å². The summed E-state index contributed by atoms with van der Waals surface area (Å²) in [6.45, 7) is 2.64. The highest BCUT2D eigenvalue weighted by Gasteiger charge is 2.46. The monoisotopic (exact) mass is 422 g/mol. The average molecular weight is 422 g/mol. The number of ether oxygens (including phenoxy) is 1. The van der Waals surface area contributed by atoms with Gasteiger partial charge < -0.3 is 14.1 Å². The summed E-state index contributed by atoms with van der Waals surface area (Å²) in [4.78, 5) is 40.7. The van der Waals surface area contributed by atoms with Gasteiger partial charge in [0.25, 0.3) is 0 Å². The molecule has 1 unspecified atom stereocenters. The van der Waals surface area contributed by atoms with Gasteiger partial charge in [0.1, 0.15) is 23.6 Å². The Bertz CT molecular complexity index is 1150. The Labute approximate surface area is 179 Å². The van der Waals surface area contributed by atoms with Gasteiger partial charge in [-0.3, -0.25) is 9.59 Å². The van der Waals surface area contributed by atoms with Crippen molar-refractivity contribution in [3.63, 3.8) is 0 Å². The Morgan fingerprint density at radius 3 is 2.39 bits per heavy atom. The second-order valence-corrected chi connectivity index (χ2v) is 7.50. The van der Waals surface area contributed by atoms with Gasteiger partial charge in [0.15, 0.2) is 6.67 Å². The van der Waals surface area contributed by atoms with E-state index in [1.165, 1.54) is 7.11 Å². The summed E-state index contributed by atoms with van der Waals surface area (Å²) in [6.07, 6.45) is 0.739. The maximum absolute atomic E-state index is 12.9. The van der Waals surface area contributed by atoms with Crippen LogP contribution in [-0.4, -0.2) is 43.6 Å². The smallest absolute Gasteiger partial charge is 0.343 e. The van der Waals surface area contributed by atoms with E-state index in [1.54, 1.807) is 24.3 Å². The molecule has 1 aliphatic heterocycles. The van der Waals surface area contributed by atoms with Crippen LogP contribution in [0.3, 0.4) is 0 Å². The number of quaternary nitrogens is 1. The normalized spacial score (nSPS) is 15.3. The number of aryl methyl sites for hydroxylation is 1. The van der Waals surface area contributed by atoms with Crippen LogP contribution in [-0.2, 0) is 22.6 Å². The van der Waals surface area contributed by atoms with E-state index in [1.807, 2.05) is 38.2 Å². The predicted molar refractivity (Wildman–Crippen MR) is 114 cm³/mol. The van der Waals surface area contributed by atoms with Crippen molar-refractivity contribution >= 4 is 34.5 Å². The largest absolute Gasteiger partial charge is 0.497 e. The average Bonchev–Trinajstić information content (AvgIpc) is 3.24. The molecule has 160 valence electrons. The number of furan rings is 1. The zero-order valence-electron chi connectivity index (χ0n) is 17.7. The molecule has 0 bridgehead atoms. The molecule has 0 saturated carbocycles. The molecule has 8 heteroatoms. The standard InChI is InChI=1S/C23H23N3O5/c1-4-19-18(17-7-5-6-8-20(17)31-19)13-24(2)14-25-21(27)22(28)26(23(25)29)15-9-11-16(30-3)12-10-15/h5-12H,4,13-14H2,1-3H3/p+1. The number of nitrogens with one attached hydrogen (secondary N) is 1. The molecule has 4 rings (SSSR count). The van der Waals surface area contributed by atoms with Crippen LogP contribution in [0.4, 0.5) is 10.5 Å². The van der Waals surface area contributed by atoms with Gasteiger partial charge in [0.2, 0.25) is 0 Å². The number of methoxy groups -OCH3 is 1. The van der Waals surface area contributed by atoms with Gasteiger partial charge in [0, 0.05) is 11.8 Å². The zero-order valence-corrected chi connectivity index (χ0v) is 17.7. The van der Waals surface area contributed by atoms with Gasteiger partial charge in [-0.25, -0.2) is 14.6 Å². The first kappa shape index (κ1) is 20.6. The molecule has 2 heterocycles. The number of hydrogen-bond donors (Lipinski definition) is 1. The van der Waals surface area contributed by atoms with Crippen molar-refractivity contribution in [2.45, 2.75) is 19.9 Å². The molecule has 1 aromatic heterocycles. The highest BCUT2D eigenvalue weighted by atomic mass is 16.5. The van der Waals surface area contributed by atoms with E-state index in [0.29, 0.717) is 18.0 Å². The number of nitrogens with zero attached hydrogens (tertiary/aromatic N) is 2. The molecule has 1 aliphatic rings. The van der Waals surface area contributed by atoms with Crippen LogP contribution in [0.2, 0.25) is 0 Å². The molecule has 3 aromatic rings. The van der Waals surface area contributed by atoms with E-state index in [-0.39, 0.29) is 6.67 Å². The van der Waals surface area contributed by atoms with E-state index in [9.17, 15) is 14.4 Å². The lowest BCUT2D eigenvalue weighted by Crippen LogP contribution is -3.09. The molecular formula is C23H24N3O5+. The second-order valence-electron chi connectivity index (χ2n) is 7.50. The molecule has 1 saturated heterocycles. The zero-order chi connectivity index (χ0) is 22.1. The number of carbonyl (C=O) groups is 3. The third-order valence-corrected chi connectivity index (χ3v) is 5.39. The fourth-order valence-electron chi connectivity index (χ4n) is 3.86. The van der Waals surface area contributed by atoms with Crippen molar-refractivity contribution in [1.29, 1.82) is 0 Å². The van der Waals surface area contributed by atoms with E-state index in [2.05, 4.69) is 0 Å². The first-order chi connectivity index (χ1) is 14.9. The second kappa shape index (κ2) is 8.23. The molecule has 2 aromatic carbocycles. The Kier molecular flexibility index (Phi) is 5.48. The first-order valence-electron chi connectivity index (χ1n) is 10.1. The Morgan fingerprint density at radius 2 is 1.71 bits per heavy atom. The summed E-state index contributed by atoms with van der Waals surface area (Å²) in [5.74, 6) is -0.205. The number of carbonyl (C=O) groups excluding carboxylic acids is 3. The summed E-state index contributed by atoms with van der Waals surface area (Å²) in [6, 6.07) is 13.6. The maximum atomic E-state index is 12.9. The SMILES string of the molecule is CCc1oc2ccccc2c1C[NH+](C)CN1C(=O)C(=O)N(c2ccc(OC)cc2)C1=O. The molecular weight excluding hydrogens is 398 g/mol. The minimum Gasteiger partial charge on any atom is -0.497 e. The molecule has 0 radical (unpaired) electrons. The Balaban J connectivity index is 1.53. The van der Waals surface area contributed by atoms with E-state index >= 15 is 0 Å². The number of fused-ring (bicyclic) bond motifs is 1. The summed E-state index contributed by atoms with van der Waals surface area (Å²) in [7, 11) is 3.40. The molecule has 1 fully saturated rings.